The van der Waals surface area contributed by atoms with Crippen molar-refractivity contribution < 1.29 is 24.6 Å². The second-order valence-corrected chi connectivity index (χ2v) is 12.0. The highest BCUT2D eigenvalue weighted by molar-refractivity contribution is 9.10. The van der Waals surface area contributed by atoms with E-state index in [1.165, 1.54) is 16.5 Å². The van der Waals surface area contributed by atoms with Crippen LogP contribution in [0.5, 0.6) is 0 Å². The Bertz CT molecular complexity index is 1810. The van der Waals surface area contributed by atoms with Crippen LogP contribution in [0, 0.1) is 26.2 Å². The fraction of sp³-hybridized carbons (Fsp3) is 0.379. The molecular formula is C29H29BrN8O5. The minimum Gasteiger partial charge on any atom is -0.396 e. The van der Waals surface area contributed by atoms with Gasteiger partial charge in [0.25, 0.3) is 0 Å². The molecule has 2 amide bonds. The van der Waals surface area contributed by atoms with Gasteiger partial charge in [-0.25, -0.2) is 15.0 Å². The SMILES string of the molecule is CC(=O)c1nn(CC(=O)N2[C@H](C(=O)Nc3nc(Br)ccc3C)C[C@@]3(CO)C(O)[C@@H]23)c2c(C)nc(-c3cnc(C)nc3)cc12. The van der Waals surface area contributed by atoms with Gasteiger partial charge in [0, 0.05) is 35.7 Å². The maximum absolute atomic E-state index is 13.9. The third-order valence-electron chi connectivity index (χ3n) is 8.36. The fourth-order valence-electron chi connectivity index (χ4n) is 6.06. The minimum atomic E-state index is -0.989. The number of anilines is 1. The van der Waals surface area contributed by atoms with Crippen LogP contribution in [0.2, 0.25) is 0 Å². The Kier molecular flexibility index (Phi) is 7.10. The van der Waals surface area contributed by atoms with E-state index in [0.717, 1.165) is 5.56 Å². The standard InChI is InChI=1S/C29H29BrN8O5/c1-13-5-6-21(30)34-27(13)35-28(43)20-8-29(12-39)25(26(29)42)38(20)22(41)11-37-24-14(2)33-19(17-9-31-16(4)32-10-17)7-18(24)23(36-37)15(3)40/h5-7,9-10,20,25-26,39,42H,8,11-12H2,1-4H3,(H,34,35,43)/t20-,25+,26?,29-/m0/s1. The molecule has 6 rings (SSSR count). The lowest BCUT2D eigenvalue weighted by atomic mass is 9.99. The third-order valence-corrected chi connectivity index (χ3v) is 8.80. The van der Waals surface area contributed by atoms with E-state index in [4.69, 9.17) is 0 Å². The molecule has 2 fully saturated rings. The number of hydrogen-bond donors (Lipinski definition) is 3. The normalized spacial score (nSPS) is 22.5. The van der Waals surface area contributed by atoms with Crippen LogP contribution in [0.1, 0.15) is 40.9 Å². The minimum absolute atomic E-state index is 0.0844. The van der Waals surface area contributed by atoms with Gasteiger partial charge in [-0.2, -0.15) is 5.10 Å². The van der Waals surface area contributed by atoms with Crippen LogP contribution in [-0.4, -0.2) is 87.2 Å². The molecule has 0 aromatic carbocycles. The summed E-state index contributed by atoms with van der Waals surface area (Å²) in [6.45, 7) is 6.03. The number of aromatic nitrogens is 6. The number of aliphatic hydroxyl groups excluding tert-OH is 2. The van der Waals surface area contributed by atoms with E-state index in [0.29, 0.717) is 44.1 Å². The highest BCUT2D eigenvalue weighted by Crippen LogP contribution is 2.59. The topological polar surface area (TPSA) is 176 Å². The molecule has 1 aliphatic heterocycles. The van der Waals surface area contributed by atoms with Gasteiger partial charge in [-0.05, 0) is 60.8 Å². The van der Waals surface area contributed by atoms with Gasteiger partial charge in [0.05, 0.1) is 35.7 Å². The van der Waals surface area contributed by atoms with Gasteiger partial charge in [0.2, 0.25) is 11.8 Å². The number of aliphatic hydroxyl groups is 2. The molecule has 14 heteroatoms. The molecule has 1 saturated carbocycles. The first-order valence-electron chi connectivity index (χ1n) is 13.7. The Labute approximate surface area is 254 Å². The van der Waals surface area contributed by atoms with Crippen LogP contribution in [0.15, 0.2) is 35.2 Å². The van der Waals surface area contributed by atoms with Crippen molar-refractivity contribution in [1.82, 2.24) is 34.6 Å². The number of piperidine rings is 1. The number of hydrogen-bond acceptors (Lipinski definition) is 10. The van der Waals surface area contributed by atoms with Crippen LogP contribution < -0.4 is 5.32 Å². The molecule has 0 spiro atoms. The third kappa shape index (κ3) is 4.79. The molecule has 4 aromatic rings. The molecular weight excluding hydrogens is 620 g/mol. The second kappa shape index (κ2) is 10.5. The Balaban J connectivity index is 1.35. The molecule has 43 heavy (non-hydrogen) atoms. The lowest BCUT2D eigenvalue weighted by molar-refractivity contribution is -0.139. The Hall–Kier alpha value is -4.14. The first-order chi connectivity index (χ1) is 20.4. The van der Waals surface area contributed by atoms with Crippen LogP contribution in [0.3, 0.4) is 0 Å². The van der Waals surface area contributed by atoms with Crippen LogP contribution >= 0.6 is 15.9 Å². The van der Waals surface area contributed by atoms with Gasteiger partial charge < -0.3 is 20.4 Å². The molecule has 3 N–H and O–H groups in total. The van der Waals surface area contributed by atoms with Gasteiger partial charge in [-0.3, -0.25) is 24.0 Å². The lowest BCUT2D eigenvalue weighted by Crippen LogP contribution is -2.48. The van der Waals surface area contributed by atoms with E-state index in [2.05, 4.69) is 46.3 Å². The maximum atomic E-state index is 13.9. The molecule has 5 heterocycles. The maximum Gasteiger partial charge on any atom is 0.248 e. The van der Waals surface area contributed by atoms with Crippen molar-refractivity contribution in [1.29, 1.82) is 0 Å². The number of Topliss-reactive ketones (excluding diaryl/α,β-unsaturated/α-hetero) is 1. The van der Waals surface area contributed by atoms with Crippen LogP contribution in [0.25, 0.3) is 22.2 Å². The van der Waals surface area contributed by atoms with Gasteiger partial charge in [0.15, 0.2) is 5.78 Å². The van der Waals surface area contributed by atoms with E-state index in [9.17, 15) is 24.6 Å². The first kappa shape index (κ1) is 29.0. The average molecular weight is 650 g/mol. The molecule has 13 nitrogen and oxygen atoms in total. The number of nitrogens with zero attached hydrogens (tertiary/aromatic N) is 7. The van der Waals surface area contributed by atoms with E-state index in [-0.39, 0.29) is 31.0 Å². The summed E-state index contributed by atoms with van der Waals surface area (Å²) in [5, 5.41) is 28.7. The molecule has 2 aliphatic rings. The number of likely N-dealkylation sites (tertiary alicyclic amines) is 1. The van der Waals surface area contributed by atoms with E-state index in [1.807, 2.05) is 0 Å². The molecule has 1 aliphatic carbocycles. The highest BCUT2D eigenvalue weighted by atomic mass is 79.9. The summed E-state index contributed by atoms with van der Waals surface area (Å²) in [7, 11) is 0. The van der Waals surface area contributed by atoms with Crippen molar-refractivity contribution in [2.24, 2.45) is 5.41 Å². The zero-order valence-electron chi connectivity index (χ0n) is 23.9. The van der Waals surface area contributed by atoms with Crippen molar-refractivity contribution in [3.8, 4) is 11.3 Å². The number of carbonyl (C=O) groups is 3. The van der Waals surface area contributed by atoms with Crippen molar-refractivity contribution in [2.75, 3.05) is 11.9 Å². The van der Waals surface area contributed by atoms with Gasteiger partial charge in [-0.1, -0.05) is 6.07 Å². The van der Waals surface area contributed by atoms with Gasteiger partial charge in [0.1, 0.15) is 34.5 Å². The average Bonchev–Trinajstić information content (AvgIpc) is 3.25. The Morgan fingerprint density at radius 3 is 2.53 bits per heavy atom. The van der Waals surface area contributed by atoms with Crippen molar-refractivity contribution in [2.45, 2.75) is 58.8 Å². The summed E-state index contributed by atoms with van der Waals surface area (Å²) in [4.78, 5) is 58.9. The zero-order valence-corrected chi connectivity index (χ0v) is 25.5. The van der Waals surface area contributed by atoms with Crippen LogP contribution in [0.4, 0.5) is 5.82 Å². The predicted octanol–water partition coefficient (Wildman–Crippen LogP) is 2.14. The van der Waals surface area contributed by atoms with Gasteiger partial charge in [-0.15, -0.1) is 0 Å². The van der Waals surface area contributed by atoms with E-state index < -0.39 is 35.4 Å². The number of amides is 2. The molecule has 222 valence electrons. The number of halogens is 1. The van der Waals surface area contributed by atoms with Crippen LogP contribution in [-0.2, 0) is 16.1 Å². The van der Waals surface area contributed by atoms with Crippen molar-refractivity contribution in [3.05, 3.63) is 58.0 Å². The lowest BCUT2D eigenvalue weighted by Gasteiger charge is -2.28. The molecule has 0 radical (unpaired) electrons. The number of fused-ring (bicyclic) bond motifs is 2. The first-order valence-corrected chi connectivity index (χ1v) is 14.5. The Morgan fingerprint density at radius 1 is 1.14 bits per heavy atom. The number of aryl methyl sites for hydroxylation is 3. The summed E-state index contributed by atoms with van der Waals surface area (Å²) in [5.74, 6) is -0.315. The molecule has 0 bridgehead atoms. The van der Waals surface area contributed by atoms with Gasteiger partial charge >= 0.3 is 0 Å². The summed E-state index contributed by atoms with van der Waals surface area (Å²) < 4.78 is 1.95. The predicted molar refractivity (Wildman–Crippen MR) is 158 cm³/mol. The summed E-state index contributed by atoms with van der Waals surface area (Å²) >= 11 is 3.31. The molecule has 4 atom stereocenters. The van der Waals surface area contributed by atoms with Crippen molar-refractivity contribution >= 4 is 50.2 Å². The molecule has 1 unspecified atom stereocenters. The molecule has 1 saturated heterocycles. The van der Waals surface area contributed by atoms with Crippen molar-refractivity contribution in [3.63, 3.8) is 0 Å². The Morgan fingerprint density at radius 2 is 1.86 bits per heavy atom. The summed E-state index contributed by atoms with van der Waals surface area (Å²) in [5.41, 5.74) is 2.16. The van der Waals surface area contributed by atoms with E-state index in [1.54, 1.807) is 51.4 Å². The summed E-state index contributed by atoms with van der Waals surface area (Å²) in [6, 6.07) is 3.57. The highest BCUT2D eigenvalue weighted by Gasteiger charge is 2.74. The second-order valence-electron chi connectivity index (χ2n) is 11.2. The number of ketones is 1. The smallest absolute Gasteiger partial charge is 0.248 e. The number of pyridine rings is 2. The largest absolute Gasteiger partial charge is 0.396 e. The number of rotatable bonds is 7. The zero-order chi connectivity index (χ0) is 30.8. The molecule has 4 aromatic heterocycles. The number of carbonyl (C=O) groups excluding carboxylic acids is 3. The summed E-state index contributed by atoms with van der Waals surface area (Å²) in [6.07, 6.45) is 2.41. The monoisotopic (exact) mass is 648 g/mol. The van der Waals surface area contributed by atoms with E-state index >= 15 is 0 Å². The quantitative estimate of drug-likeness (QED) is 0.199. The number of nitrogens with one attached hydrogen (secondary N) is 1. The fourth-order valence-corrected chi connectivity index (χ4v) is 6.37.